The summed E-state index contributed by atoms with van der Waals surface area (Å²) in [6, 6.07) is 4.62. The van der Waals surface area contributed by atoms with Gasteiger partial charge in [-0.3, -0.25) is 0 Å². The van der Waals surface area contributed by atoms with Crippen LogP contribution in [0.5, 0.6) is 0 Å². The number of piperidine rings is 1. The summed E-state index contributed by atoms with van der Waals surface area (Å²) in [5.74, 6) is 0. The van der Waals surface area contributed by atoms with Crippen LogP contribution in [0.25, 0.3) is 0 Å². The minimum atomic E-state index is -3.75. The van der Waals surface area contributed by atoms with Crippen LogP contribution < -0.4 is 0 Å². The number of β-amino-alcohol motifs (C(OH)–C–C–N with tert-alkyl or cyclic N) is 1. The number of aliphatic hydroxyl groups is 1. The number of aliphatic hydroxyl groups excluding tert-OH is 1. The topological polar surface area (TPSA) is 94.3 Å². The normalized spacial score (nSPS) is 21.4. The molecule has 1 aromatic heterocycles. The molecule has 1 aliphatic heterocycles. The molecule has 0 amide bonds. The number of rotatable bonds is 2. The van der Waals surface area contributed by atoms with Crippen LogP contribution in [-0.2, 0) is 10.0 Å². The molecule has 7 heteroatoms. The Morgan fingerprint density at radius 3 is 3.00 bits per heavy atom. The molecule has 1 unspecified atom stereocenters. The molecule has 2 rings (SSSR count). The summed E-state index contributed by atoms with van der Waals surface area (Å²) in [5, 5.41) is 18.4. The third-order valence-corrected chi connectivity index (χ3v) is 4.75. The number of aromatic nitrogens is 1. The summed E-state index contributed by atoms with van der Waals surface area (Å²) in [6.45, 7) is 0.432. The van der Waals surface area contributed by atoms with E-state index in [2.05, 4.69) is 4.98 Å². The van der Waals surface area contributed by atoms with Crippen molar-refractivity contribution in [3.63, 3.8) is 0 Å². The van der Waals surface area contributed by atoms with Gasteiger partial charge in [-0.15, -0.1) is 0 Å². The SMILES string of the molecule is N#Cc1ncccc1S(=O)(=O)N1CCCC(O)C1. The quantitative estimate of drug-likeness (QED) is 0.820. The fraction of sp³-hybridized carbons (Fsp3) is 0.455. The summed E-state index contributed by atoms with van der Waals surface area (Å²) in [4.78, 5) is 3.65. The van der Waals surface area contributed by atoms with Crippen molar-refractivity contribution < 1.29 is 13.5 Å². The van der Waals surface area contributed by atoms with Crippen molar-refractivity contribution in [3.8, 4) is 6.07 Å². The van der Waals surface area contributed by atoms with Crippen molar-refractivity contribution in [2.45, 2.75) is 23.8 Å². The highest BCUT2D eigenvalue weighted by atomic mass is 32.2. The Labute approximate surface area is 106 Å². The highest BCUT2D eigenvalue weighted by Gasteiger charge is 2.31. The lowest BCUT2D eigenvalue weighted by Crippen LogP contribution is -2.42. The fourth-order valence-corrected chi connectivity index (χ4v) is 3.57. The molecule has 0 saturated carbocycles. The van der Waals surface area contributed by atoms with E-state index in [9.17, 15) is 13.5 Å². The Morgan fingerprint density at radius 1 is 1.56 bits per heavy atom. The highest BCUT2D eigenvalue weighted by Crippen LogP contribution is 2.22. The second kappa shape index (κ2) is 5.02. The monoisotopic (exact) mass is 267 g/mol. The third kappa shape index (κ3) is 2.36. The van der Waals surface area contributed by atoms with E-state index in [1.807, 2.05) is 0 Å². The summed E-state index contributed by atoms with van der Waals surface area (Å²) in [6.07, 6.45) is 1.95. The first-order valence-corrected chi connectivity index (χ1v) is 7.03. The molecular formula is C11H13N3O3S. The lowest BCUT2D eigenvalue weighted by Gasteiger charge is -2.29. The molecular weight excluding hydrogens is 254 g/mol. The maximum Gasteiger partial charge on any atom is 0.246 e. The van der Waals surface area contributed by atoms with E-state index in [1.54, 1.807) is 6.07 Å². The summed E-state index contributed by atoms with van der Waals surface area (Å²) >= 11 is 0. The van der Waals surface area contributed by atoms with Crippen molar-refractivity contribution in [1.82, 2.24) is 9.29 Å². The Hall–Kier alpha value is -1.49. The number of hydrogen-bond donors (Lipinski definition) is 1. The molecule has 0 aliphatic carbocycles. The molecule has 1 atom stereocenters. The Morgan fingerprint density at radius 2 is 2.33 bits per heavy atom. The van der Waals surface area contributed by atoms with Gasteiger partial charge in [-0.2, -0.15) is 9.57 Å². The van der Waals surface area contributed by atoms with Gasteiger partial charge in [0.2, 0.25) is 10.0 Å². The molecule has 1 saturated heterocycles. The standard InChI is InChI=1S/C11H13N3O3S/c12-7-10-11(4-1-5-13-10)18(16,17)14-6-2-3-9(15)8-14/h1,4-5,9,15H,2-3,6,8H2. The van der Waals surface area contributed by atoms with E-state index in [-0.39, 0.29) is 17.1 Å². The van der Waals surface area contributed by atoms with Crippen LogP contribution in [0.3, 0.4) is 0 Å². The van der Waals surface area contributed by atoms with Crippen LogP contribution in [0.1, 0.15) is 18.5 Å². The Balaban J connectivity index is 2.39. The summed E-state index contributed by atoms with van der Waals surface area (Å²) in [7, 11) is -3.75. The van der Waals surface area contributed by atoms with Crippen molar-refractivity contribution >= 4 is 10.0 Å². The first-order valence-electron chi connectivity index (χ1n) is 5.59. The number of sulfonamides is 1. The Bertz CT molecular complexity index is 579. The first-order chi connectivity index (χ1) is 8.55. The van der Waals surface area contributed by atoms with Crippen molar-refractivity contribution in [3.05, 3.63) is 24.0 Å². The van der Waals surface area contributed by atoms with Crippen molar-refractivity contribution in [2.24, 2.45) is 0 Å². The minimum absolute atomic E-state index is 0.0715. The van der Waals surface area contributed by atoms with Crippen molar-refractivity contribution in [1.29, 1.82) is 5.26 Å². The van der Waals surface area contributed by atoms with E-state index >= 15 is 0 Å². The van der Waals surface area contributed by atoms with Gasteiger partial charge < -0.3 is 5.11 Å². The Kier molecular flexibility index (Phi) is 3.61. The summed E-state index contributed by atoms with van der Waals surface area (Å²) < 4.78 is 25.9. The fourth-order valence-electron chi connectivity index (χ4n) is 1.96. The molecule has 1 aromatic rings. The zero-order chi connectivity index (χ0) is 13.2. The zero-order valence-corrected chi connectivity index (χ0v) is 10.5. The number of nitrogens with zero attached hydrogens (tertiary/aromatic N) is 3. The zero-order valence-electron chi connectivity index (χ0n) is 9.65. The van der Waals surface area contributed by atoms with Gasteiger partial charge in [0.05, 0.1) is 6.10 Å². The molecule has 1 N–H and O–H groups in total. The predicted octanol–water partition coefficient (Wildman–Crippen LogP) is 0.0987. The van der Waals surface area contributed by atoms with E-state index in [1.165, 1.54) is 22.6 Å². The average molecular weight is 267 g/mol. The lowest BCUT2D eigenvalue weighted by molar-refractivity contribution is 0.108. The molecule has 1 aliphatic rings. The van der Waals surface area contributed by atoms with Gasteiger partial charge in [0.25, 0.3) is 0 Å². The highest BCUT2D eigenvalue weighted by molar-refractivity contribution is 7.89. The number of hydrogen-bond acceptors (Lipinski definition) is 5. The molecule has 6 nitrogen and oxygen atoms in total. The van der Waals surface area contributed by atoms with E-state index in [0.717, 1.165) is 0 Å². The van der Waals surface area contributed by atoms with Crippen LogP contribution >= 0.6 is 0 Å². The molecule has 1 fully saturated rings. The lowest BCUT2D eigenvalue weighted by atomic mass is 10.1. The van der Waals surface area contributed by atoms with Gasteiger partial charge >= 0.3 is 0 Å². The van der Waals surface area contributed by atoms with Crippen molar-refractivity contribution in [2.75, 3.05) is 13.1 Å². The van der Waals surface area contributed by atoms with Gasteiger partial charge in [0.1, 0.15) is 11.0 Å². The summed E-state index contributed by atoms with van der Waals surface area (Å²) in [5.41, 5.74) is -0.113. The van der Waals surface area contributed by atoms with Crippen LogP contribution in [-0.4, -0.2) is 42.0 Å². The van der Waals surface area contributed by atoms with Crippen LogP contribution in [0.2, 0.25) is 0 Å². The molecule has 2 heterocycles. The second-order valence-corrected chi connectivity index (χ2v) is 6.03. The van der Waals surface area contributed by atoms with Crippen LogP contribution in [0.4, 0.5) is 0 Å². The number of nitriles is 1. The molecule has 0 radical (unpaired) electrons. The van der Waals surface area contributed by atoms with Gasteiger partial charge in [0.15, 0.2) is 5.69 Å². The number of pyridine rings is 1. The molecule has 18 heavy (non-hydrogen) atoms. The van der Waals surface area contributed by atoms with Gasteiger partial charge in [0, 0.05) is 19.3 Å². The van der Waals surface area contributed by atoms with Gasteiger partial charge in [-0.05, 0) is 25.0 Å². The maximum atomic E-state index is 12.3. The second-order valence-electron chi connectivity index (χ2n) is 4.12. The first kappa shape index (κ1) is 13.0. The van der Waals surface area contributed by atoms with E-state index in [0.29, 0.717) is 19.4 Å². The third-order valence-electron chi connectivity index (χ3n) is 2.85. The smallest absolute Gasteiger partial charge is 0.246 e. The van der Waals surface area contributed by atoms with E-state index in [4.69, 9.17) is 5.26 Å². The van der Waals surface area contributed by atoms with Gasteiger partial charge in [-0.1, -0.05) is 0 Å². The minimum Gasteiger partial charge on any atom is -0.392 e. The van der Waals surface area contributed by atoms with Gasteiger partial charge in [-0.25, -0.2) is 13.4 Å². The largest absolute Gasteiger partial charge is 0.392 e. The predicted molar refractivity (Wildman–Crippen MR) is 63.0 cm³/mol. The molecule has 96 valence electrons. The molecule has 0 spiro atoms. The van der Waals surface area contributed by atoms with Crippen LogP contribution in [0.15, 0.2) is 23.2 Å². The molecule has 0 bridgehead atoms. The van der Waals surface area contributed by atoms with Crippen LogP contribution in [0, 0.1) is 11.3 Å². The van der Waals surface area contributed by atoms with E-state index < -0.39 is 16.1 Å². The average Bonchev–Trinajstić information content (AvgIpc) is 2.38. The maximum absolute atomic E-state index is 12.3. The molecule has 0 aromatic carbocycles.